The van der Waals surface area contributed by atoms with Crippen LogP contribution in [0.25, 0.3) is 0 Å². The summed E-state index contributed by atoms with van der Waals surface area (Å²) in [5.41, 5.74) is 0.258. The van der Waals surface area contributed by atoms with E-state index in [1.54, 1.807) is 0 Å². The predicted octanol–water partition coefficient (Wildman–Crippen LogP) is 2.14. The molecule has 1 aliphatic carbocycles. The zero-order chi connectivity index (χ0) is 15.5. The molecule has 0 amide bonds. The van der Waals surface area contributed by atoms with Gasteiger partial charge in [-0.1, -0.05) is 11.6 Å². The molecular weight excluding hydrogens is 312 g/mol. The topological polar surface area (TPSA) is 81.4 Å². The van der Waals surface area contributed by atoms with Crippen molar-refractivity contribution < 1.29 is 13.5 Å². The van der Waals surface area contributed by atoms with E-state index in [9.17, 15) is 8.42 Å². The number of nitrogens with zero attached hydrogens (tertiary/aromatic N) is 2. The Balaban J connectivity index is 2.26. The number of unbranched alkanes of at least 4 members (excludes halogenated alkanes) is 1. The second-order valence-electron chi connectivity index (χ2n) is 5.03. The van der Waals surface area contributed by atoms with Crippen LogP contribution in [-0.4, -0.2) is 37.0 Å². The summed E-state index contributed by atoms with van der Waals surface area (Å²) < 4.78 is 26.8. The fourth-order valence-corrected chi connectivity index (χ4v) is 4.16. The number of rotatable bonds is 7. The van der Waals surface area contributed by atoms with Crippen molar-refractivity contribution in [1.82, 2.24) is 4.31 Å². The summed E-state index contributed by atoms with van der Waals surface area (Å²) in [4.78, 5) is 0.113. The van der Waals surface area contributed by atoms with Crippen molar-refractivity contribution in [1.29, 1.82) is 5.26 Å². The largest absolute Gasteiger partial charge is 0.396 e. The van der Waals surface area contributed by atoms with Gasteiger partial charge in [-0.2, -0.15) is 9.57 Å². The summed E-state index contributed by atoms with van der Waals surface area (Å²) in [5.74, 6) is 0. The second kappa shape index (κ2) is 6.75. The quantitative estimate of drug-likeness (QED) is 0.777. The highest BCUT2D eigenvalue weighted by Gasteiger charge is 2.37. The number of aliphatic hydroxyl groups is 1. The van der Waals surface area contributed by atoms with Crippen molar-refractivity contribution in [3.05, 3.63) is 28.8 Å². The van der Waals surface area contributed by atoms with Crippen LogP contribution in [-0.2, 0) is 10.0 Å². The van der Waals surface area contributed by atoms with Gasteiger partial charge in [0.25, 0.3) is 0 Å². The molecule has 21 heavy (non-hydrogen) atoms. The zero-order valence-corrected chi connectivity index (χ0v) is 13.1. The van der Waals surface area contributed by atoms with Crippen LogP contribution in [0.3, 0.4) is 0 Å². The summed E-state index contributed by atoms with van der Waals surface area (Å²) in [6.45, 7) is 0.451. The number of hydrogen-bond acceptors (Lipinski definition) is 4. The number of nitriles is 1. The van der Waals surface area contributed by atoms with Crippen LogP contribution in [0.2, 0.25) is 5.02 Å². The molecule has 0 aromatic heterocycles. The van der Waals surface area contributed by atoms with Crippen LogP contribution in [0, 0.1) is 11.3 Å². The normalized spacial score (nSPS) is 15.1. The first-order valence-corrected chi connectivity index (χ1v) is 8.65. The maximum Gasteiger partial charge on any atom is 0.243 e. The number of halogens is 1. The molecule has 0 bridgehead atoms. The van der Waals surface area contributed by atoms with E-state index in [2.05, 4.69) is 0 Å². The second-order valence-corrected chi connectivity index (χ2v) is 7.33. The highest BCUT2D eigenvalue weighted by Crippen LogP contribution is 2.33. The van der Waals surface area contributed by atoms with Gasteiger partial charge < -0.3 is 5.11 Å². The SMILES string of the molecule is N#Cc1ccc(S(=O)(=O)N(CCCCO)C2CC2)cc1Cl. The summed E-state index contributed by atoms with van der Waals surface area (Å²) in [6, 6.07) is 6.13. The van der Waals surface area contributed by atoms with E-state index in [0.29, 0.717) is 19.4 Å². The summed E-state index contributed by atoms with van der Waals surface area (Å²) in [6.07, 6.45) is 2.92. The maximum atomic E-state index is 12.7. The third kappa shape index (κ3) is 3.74. The summed E-state index contributed by atoms with van der Waals surface area (Å²) in [7, 11) is -3.61. The smallest absolute Gasteiger partial charge is 0.243 e. The first-order valence-electron chi connectivity index (χ1n) is 6.83. The van der Waals surface area contributed by atoms with E-state index in [1.807, 2.05) is 6.07 Å². The van der Waals surface area contributed by atoms with Gasteiger partial charge in [0.2, 0.25) is 10.0 Å². The molecule has 7 heteroatoms. The lowest BCUT2D eigenvalue weighted by molar-refractivity contribution is 0.275. The van der Waals surface area contributed by atoms with E-state index < -0.39 is 10.0 Å². The third-order valence-electron chi connectivity index (χ3n) is 3.41. The van der Waals surface area contributed by atoms with Gasteiger partial charge in [-0.25, -0.2) is 8.42 Å². The molecule has 1 saturated carbocycles. The number of benzene rings is 1. The van der Waals surface area contributed by atoms with Crippen molar-refractivity contribution in [3.8, 4) is 6.07 Å². The van der Waals surface area contributed by atoms with Crippen LogP contribution in [0.15, 0.2) is 23.1 Å². The van der Waals surface area contributed by atoms with Crippen LogP contribution < -0.4 is 0 Å². The molecule has 114 valence electrons. The third-order valence-corrected chi connectivity index (χ3v) is 5.67. The molecule has 0 spiro atoms. The lowest BCUT2D eigenvalue weighted by Gasteiger charge is -2.22. The lowest BCUT2D eigenvalue weighted by atomic mass is 10.2. The molecular formula is C14H17ClN2O3S. The van der Waals surface area contributed by atoms with Gasteiger partial charge in [0, 0.05) is 19.2 Å². The first kappa shape index (κ1) is 16.2. The first-order chi connectivity index (χ1) is 10.0. The molecule has 0 atom stereocenters. The number of hydrogen-bond donors (Lipinski definition) is 1. The Bertz CT molecular complexity index is 651. The Morgan fingerprint density at radius 2 is 2.10 bits per heavy atom. The molecule has 0 radical (unpaired) electrons. The molecule has 0 unspecified atom stereocenters. The Kier molecular flexibility index (Phi) is 5.22. The standard InChI is InChI=1S/C14H17ClN2O3S/c15-14-9-13(6-3-11(14)10-16)21(19,20)17(12-4-5-12)7-1-2-8-18/h3,6,9,12,18H,1-2,4-5,7-8H2. The van der Waals surface area contributed by atoms with Gasteiger partial charge in [-0.3, -0.25) is 0 Å². The Morgan fingerprint density at radius 3 is 2.62 bits per heavy atom. The van der Waals surface area contributed by atoms with Crippen LogP contribution >= 0.6 is 11.6 Å². The van der Waals surface area contributed by atoms with E-state index in [1.165, 1.54) is 22.5 Å². The highest BCUT2D eigenvalue weighted by molar-refractivity contribution is 7.89. The van der Waals surface area contributed by atoms with Gasteiger partial charge in [0.05, 0.1) is 15.5 Å². The fourth-order valence-electron chi connectivity index (χ4n) is 2.12. The van der Waals surface area contributed by atoms with Gasteiger partial charge in [0.1, 0.15) is 6.07 Å². The molecule has 0 saturated heterocycles. The molecule has 0 heterocycles. The fraction of sp³-hybridized carbons (Fsp3) is 0.500. The highest BCUT2D eigenvalue weighted by atomic mass is 35.5. The minimum absolute atomic E-state index is 0.0445. The average Bonchev–Trinajstić information content (AvgIpc) is 3.27. The maximum absolute atomic E-state index is 12.7. The monoisotopic (exact) mass is 328 g/mol. The molecule has 1 aliphatic rings. The molecule has 5 nitrogen and oxygen atoms in total. The number of aliphatic hydroxyl groups excluding tert-OH is 1. The average molecular weight is 329 g/mol. The van der Waals surface area contributed by atoms with Crippen LogP contribution in [0.5, 0.6) is 0 Å². The van der Waals surface area contributed by atoms with E-state index >= 15 is 0 Å². The Labute approximate surface area is 129 Å². The lowest BCUT2D eigenvalue weighted by Crippen LogP contribution is -2.34. The predicted molar refractivity (Wildman–Crippen MR) is 79.4 cm³/mol. The van der Waals surface area contributed by atoms with E-state index in [-0.39, 0.29) is 28.1 Å². The van der Waals surface area contributed by atoms with Crippen molar-refractivity contribution in [2.75, 3.05) is 13.2 Å². The van der Waals surface area contributed by atoms with Gasteiger partial charge >= 0.3 is 0 Å². The molecule has 1 fully saturated rings. The van der Waals surface area contributed by atoms with Crippen LogP contribution in [0.1, 0.15) is 31.2 Å². The van der Waals surface area contributed by atoms with Gasteiger partial charge in [0.15, 0.2) is 0 Å². The van der Waals surface area contributed by atoms with Crippen LogP contribution in [0.4, 0.5) is 0 Å². The zero-order valence-electron chi connectivity index (χ0n) is 11.5. The summed E-state index contributed by atoms with van der Waals surface area (Å²) >= 11 is 5.92. The molecule has 2 rings (SSSR count). The molecule has 1 aromatic carbocycles. The Morgan fingerprint density at radius 1 is 1.38 bits per heavy atom. The van der Waals surface area contributed by atoms with Crippen molar-refractivity contribution in [3.63, 3.8) is 0 Å². The van der Waals surface area contributed by atoms with Gasteiger partial charge in [-0.05, 0) is 43.9 Å². The molecule has 1 aromatic rings. The minimum atomic E-state index is -3.61. The van der Waals surface area contributed by atoms with E-state index in [4.69, 9.17) is 22.0 Å². The minimum Gasteiger partial charge on any atom is -0.396 e. The van der Waals surface area contributed by atoms with E-state index in [0.717, 1.165) is 12.8 Å². The van der Waals surface area contributed by atoms with Gasteiger partial charge in [-0.15, -0.1) is 0 Å². The Hall–Kier alpha value is -1.13. The molecule has 1 N–H and O–H groups in total. The number of sulfonamides is 1. The van der Waals surface area contributed by atoms with Crippen molar-refractivity contribution >= 4 is 21.6 Å². The van der Waals surface area contributed by atoms with Crippen molar-refractivity contribution in [2.45, 2.75) is 36.6 Å². The van der Waals surface area contributed by atoms with Crippen molar-refractivity contribution in [2.24, 2.45) is 0 Å². The summed E-state index contributed by atoms with van der Waals surface area (Å²) in [5, 5.41) is 17.8. The molecule has 0 aliphatic heterocycles.